The second-order valence-corrected chi connectivity index (χ2v) is 10.3. The number of amides is 1. The number of hydrogen-bond acceptors (Lipinski definition) is 7. The zero-order chi connectivity index (χ0) is 22.5. The molecule has 5 aromatic rings. The summed E-state index contributed by atoms with van der Waals surface area (Å²) in [5.74, 6) is -0.469. The first-order valence-electron chi connectivity index (χ1n) is 10.6. The first-order chi connectivity index (χ1) is 16.1. The molecule has 0 fully saturated rings. The molecule has 0 bridgehead atoms. The fourth-order valence-electron chi connectivity index (χ4n) is 4.22. The number of nitrogens with one attached hydrogen (secondary N) is 1. The number of thiophene rings is 1. The van der Waals surface area contributed by atoms with E-state index in [0.29, 0.717) is 11.0 Å². The van der Waals surface area contributed by atoms with Crippen LogP contribution in [0.2, 0.25) is 0 Å². The number of para-hydroxylation sites is 2. The van der Waals surface area contributed by atoms with Crippen LogP contribution in [-0.2, 0) is 13.0 Å². The Balaban J connectivity index is 1.45. The van der Waals surface area contributed by atoms with Crippen molar-refractivity contribution in [2.24, 2.45) is 0 Å². The van der Waals surface area contributed by atoms with Crippen LogP contribution in [0.4, 0.5) is 5.00 Å². The Morgan fingerprint density at radius 1 is 1.12 bits per heavy atom. The van der Waals surface area contributed by atoms with Gasteiger partial charge in [-0.15, -0.1) is 22.7 Å². The SMILES string of the molecule is CN1CCc2c(sc(NC(=O)c3cc4ccccc4oc3=O)c2-c2nc3ccccc3s2)C1. The molecule has 0 atom stereocenters. The van der Waals surface area contributed by atoms with Gasteiger partial charge in [0.2, 0.25) is 0 Å². The zero-order valence-corrected chi connectivity index (χ0v) is 19.4. The van der Waals surface area contributed by atoms with Gasteiger partial charge in [0.25, 0.3) is 5.91 Å². The maximum Gasteiger partial charge on any atom is 0.349 e. The van der Waals surface area contributed by atoms with Crippen LogP contribution in [0.25, 0.3) is 31.8 Å². The highest BCUT2D eigenvalue weighted by molar-refractivity contribution is 7.23. The van der Waals surface area contributed by atoms with Gasteiger partial charge >= 0.3 is 5.63 Å². The normalized spacial score (nSPS) is 14.0. The van der Waals surface area contributed by atoms with Gasteiger partial charge in [0.15, 0.2) is 0 Å². The molecule has 3 aromatic heterocycles. The number of carbonyl (C=O) groups excluding carboxylic acids is 1. The molecule has 164 valence electrons. The van der Waals surface area contributed by atoms with E-state index in [1.165, 1.54) is 10.4 Å². The maximum atomic E-state index is 13.2. The third-order valence-corrected chi connectivity index (χ3v) is 8.05. The van der Waals surface area contributed by atoms with Gasteiger partial charge in [-0.05, 0) is 43.3 Å². The Labute approximate surface area is 197 Å². The Hall–Kier alpha value is -3.33. The number of thiazole rings is 1. The standard InChI is InChI=1S/C25H19N3O3S2/c1-28-11-10-15-20(13-28)33-24(21(15)23-26-17-7-3-5-9-19(17)32-23)27-22(29)16-12-14-6-2-4-8-18(14)31-25(16)30/h2-9,12H,10-11,13H2,1H3,(H,27,29). The number of hydrogen-bond donors (Lipinski definition) is 1. The monoisotopic (exact) mass is 473 g/mol. The lowest BCUT2D eigenvalue weighted by molar-refractivity contribution is 0.102. The van der Waals surface area contributed by atoms with E-state index in [0.717, 1.165) is 45.3 Å². The van der Waals surface area contributed by atoms with Crippen molar-refractivity contribution in [1.82, 2.24) is 9.88 Å². The van der Waals surface area contributed by atoms with Crippen LogP contribution < -0.4 is 10.9 Å². The Kier molecular flexibility index (Phi) is 4.86. The summed E-state index contributed by atoms with van der Waals surface area (Å²) in [5.41, 5.74) is 2.96. The molecular weight excluding hydrogens is 454 g/mol. The lowest BCUT2D eigenvalue weighted by atomic mass is 10.0. The van der Waals surface area contributed by atoms with Crippen LogP contribution in [0.15, 0.2) is 63.8 Å². The number of nitrogens with zero attached hydrogens (tertiary/aromatic N) is 2. The summed E-state index contributed by atoms with van der Waals surface area (Å²) >= 11 is 3.18. The van der Waals surface area contributed by atoms with E-state index in [1.807, 2.05) is 30.3 Å². The molecule has 2 aromatic carbocycles. The minimum absolute atomic E-state index is 0.00700. The third-order valence-electron chi connectivity index (χ3n) is 5.87. The van der Waals surface area contributed by atoms with Crippen LogP contribution in [0, 0.1) is 0 Å². The smallest absolute Gasteiger partial charge is 0.349 e. The molecule has 0 unspecified atom stereocenters. The molecule has 6 rings (SSSR count). The highest BCUT2D eigenvalue weighted by Gasteiger charge is 2.27. The quantitative estimate of drug-likeness (QED) is 0.357. The van der Waals surface area contributed by atoms with Crippen LogP contribution >= 0.6 is 22.7 Å². The molecular formula is C25H19N3O3S2. The van der Waals surface area contributed by atoms with Crippen molar-refractivity contribution in [3.63, 3.8) is 0 Å². The molecule has 1 N–H and O–H groups in total. The third kappa shape index (κ3) is 3.56. The fraction of sp³-hybridized carbons (Fsp3) is 0.160. The van der Waals surface area contributed by atoms with Gasteiger partial charge in [-0.2, -0.15) is 0 Å². The van der Waals surface area contributed by atoms with Gasteiger partial charge in [-0.25, -0.2) is 9.78 Å². The molecule has 1 aliphatic heterocycles. The molecule has 4 heterocycles. The number of rotatable bonds is 3. The van der Waals surface area contributed by atoms with E-state index >= 15 is 0 Å². The highest BCUT2D eigenvalue weighted by Crippen LogP contribution is 2.45. The number of aromatic nitrogens is 1. The molecule has 6 nitrogen and oxygen atoms in total. The number of benzene rings is 2. The molecule has 0 aliphatic carbocycles. The van der Waals surface area contributed by atoms with Crippen molar-refractivity contribution in [3.05, 3.63) is 81.0 Å². The Morgan fingerprint density at radius 3 is 2.82 bits per heavy atom. The van der Waals surface area contributed by atoms with E-state index in [-0.39, 0.29) is 5.56 Å². The molecule has 1 aliphatic rings. The second kappa shape index (κ2) is 7.91. The van der Waals surface area contributed by atoms with Crippen molar-refractivity contribution in [1.29, 1.82) is 0 Å². The predicted molar refractivity (Wildman–Crippen MR) is 133 cm³/mol. The zero-order valence-electron chi connectivity index (χ0n) is 17.8. The topological polar surface area (TPSA) is 75.4 Å². The molecule has 0 saturated carbocycles. The molecule has 0 saturated heterocycles. The summed E-state index contributed by atoms with van der Waals surface area (Å²) in [6.45, 7) is 1.77. The predicted octanol–water partition coefficient (Wildman–Crippen LogP) is 5.37. The van der Waals surface area contributed by atoms with Gasteiger partial charge in [0, 0.05) is 28.9 Å². The minimum atomic E-state index is -0.645. The van der Waals surface area contributed by atoms with E-state index in [4.69, 9.17) is 9.40 Å². The average Bonchev–Trinajstić information content (AvgIpc) is 3.38. The van der Waals surface area contributed by atoms with Crippen LogP contribution in [0.1, 0.15) is 20.8 Å². The summed E-state index contributed by atoms with van der Waals surface area (Å²) in [6, 6.07) is 16.8. The number of carbonyl (C=O) groups is 1. The summed E-state index contributed by atoms with van der Waals surface area (Å²) < 4.78 is 6.48. The summed E-state index contributed by atoms with van der Waals surface area (Å²) in [4.78, 5) is 34.1. The van der Waals surface area contributed by atoms with Gasteiger partial charge in [0.1, 0.15) is 21.2 Å². The van der Waals surface area contributed by atoms with Crippen molar-refractivity contribution in [2.75, 3.05) is 18.9 Å². The number of fused-ring (bicyclic) bond motifs is 3. The summed E-state index contributed by atoms with van der Waals surface area (Å²) in [5, 5.41) is 5.34. The first kappa shape index (κ1) is 20.3. The Bertz CT molecular complexity index is 1560. The molecule has 0 radical (unpaired) electrons. The second-order valence-electron chi connectivity index (χ2n) is 8.12. The van der Waals surface area contributed by atoms with Crippen molar-refractivity contribution < 1.29 is 9.21 Å². The van der Waals surface area contributed by atoms with E-state index in [1.54, 1.807) is 40.9 Å². The van der Waals surface area contributed by atoms with E-state index in [9.17, 15) is 9.59 Å². The molecule has 0 spiro atoms. The lowest BCUT2D eigenvalue weighted by Crippen LogP contribution is -2.25. The number of anilines is 1. The molecule has 1 amide bonds. The van der Waals surface area contributed by atoms with Gasteiger partial charge < -0.3 is 14.6 Å². The number of likely N-dealkylation sites (N-methyl/N-ethyl adjacent to an activating group) is 1. The Morgan fingerprint density at radius 2 is 1.94 bits per heavy atom. The maximum absolute atomic E-state index is 13.2. The van der Waals surface area contributed by atoms with Crippen molar-refractivity contribution >= 4 is 54.8 Å². The minimum Gasteiger partial charge on any atom is -0.422 e. The summed E-state index contributed by atoms with van der Waals surface area (Å²) in [7, 11) is 2.10. The van der Waals surface area contributed by atoms with Gasteiger partial charge in [0.05, 0.1) is 10.2 Å². The van der Waals surface area contributed by atoms with Crippen molar-refractivity contribution in [3.8, 4) is 10.6 Å². The van der Waals surface area contributed by atoms with Crippen molar-refractivity contribution in [2.45, 2.75) is 13.0 Å². The fourth-order valence-corrected chi connectivity index (χ4v) is 6.65. The molecule has 8 heteroatoms. The van der Waals surface area contributed by atoms with Crippen LogP contribution in [0.5, 0.6) is 0 Å². The average molecular weight is 474 g/mol. The molecule has 33 heavy (non-hydrogen) atoms. The lowest BCUT2D eigenvalue weighted by Gasteiger charge is -2.22. The van der Waals surface area contributed by atoms with Crippen LogP contribution in [0.3, 0.4) is 0 Å². The van der Waals surface area contributed by atoms with Crippen LogP contribution in [-0.4, -0.2) is 29.4 Å². The highest BCUT2D eigenvalue weighted by atomic mass is 32.1. The first-order valence-corrected chi connectivity index (χ1v) is 12.2. The summed E-state index contributed by atoms with van der Waals surface area (Å²) in [6.07, 6.45) is 0.890. The van der Waals surface area contributed by atoms with Gasteiger partial charge in [-0.1, -0.05) is 30.3 Å². The van der Waals surface area contributed by atoms with E-state index in [2.05, 4.69) is 23.3 Å². The van der Waals surface area contributed by atoms with E-state index < -0.39 is 11.5 Å². The van der Waals surface area contributed by atoms with Gasteiger partial charge in [-0.3, -0.25) is 4.79 Å². The largest absolute Gasteiger partial charge is 0.422 e.